The molecule has 0 aromatic heterocycles. The van der Waals surface area contributed by atoms with Crippen LogP contribution in [0.1, 0.15) is 13.8 Å². The van der Waals surface area contributed by atoms with Crippen molar-refractivity contribution in [2.24, 2.45) is 10.1 Å². The highest BCUT2D eigenvalue weighted by molar-refractivity contribution is 5.91. The highest BCUT2D eigenvalue weighted by atomic mass is 19.4. The molecule has 1 rings (SSSR count). The highest BCUT2D eigenvalue weighted by Gasteiger charge is 2.36. The van der Waals surface area contributed by atoms with E-state index in [9.17, 15) is 13.2 Å². The number of amidine groups is 1. The fourth-order valence-corrected chi connectivity index (χ4v) is 1.16. The number of halogens is 3. The van der Waals surface area contributed by atoms with Crippen LogP contribution in [0, 0.1) is 0 Å². The van der Waals surface area contributed by atoms with E-state index in [1.165, 1.54) is 19.2 Å². The van der Waals surface area contributed by atoms with Crippen molar-refractivity contribution in [1.29, 1.82) is 0 Å². The molecule has 4 nitrogen and oxygen atoms in total. The number of nitrogens with one attached hydrogen (secondary N) is 1. The van der Waals surface area contributed by atoms with Gasteiger partial charge in [-0.25, -0.2) is 4.99 Å². The van der Waals surface area contributed by atoms with Crippen LogP contribution in [-0.4, -0.2) is 24.8 Å². The third-order valence-electron chi connectivity index (χ3n) is 1.97. The van der Waals surface area contributed by atoms with Gasteiger partial charge in [0.05, 0.1) is 7.11 Å². The maximum atomic E-state index is 12.8. The molecule has 0 aliphatic rings. The van der Waals surface area contributed by atoms with Crippen LogP contribution in [0.4, 0.5) is 18.9 Å². The largest absolute Gasteiger partial charge is 0.494 e. The number of methoxy groups -OCH3 is 1. The van der Waals surface area contributed by atoms with Gasteiger partial charge in [0.15, 0.2) is 0 Å². The zero-order valence-corrected chi connectivity index (χ0v) is 10.7. The Hall–Kier alpha value is -2.05. The molecule has 7 heteroatoms. The van der Waals surface area contributed by atoms with Crippen molar-refractivity contribution in [2.75, 3.05) is 7.11 Å². The summed E-state index contributed by atoms with van der Waals surface area (Å²) in [7, 11) is 1.36. The molecule has 0 aliphatic heterocycles. The van der Waals surface area contributed by atoms with Crippen LogP contribution in [0.3, 0.4) is 0 Å². The first-order chi connectivity index (χ1) is 8.84. The molecule has 0 radical (unpaired) electrons. The molecule has 19 heavy (non-hydrogen) atoms. The number of aliphatic imine (C=N–C) groups is 1. The van der Waals surface area contributed by atoms with Crippen molar-refractivity contribution >= 4 is 17.2 Å². The summed E-state index contributed by atoms with van der Waals surface area (Å²) < 4.78 is 43.3. The smallest absolute Gasteiger partial charge is 0.451 e. The first-order valence-electron chi connectivity index (χ1n) is 5.40. The van der Waals surface area contributed by atoms with Gasteiger partial charge in [-0.15, -0.1) is 0 Å². The second-order valence-corrected chi connectivity index (χ2v) is 3.80. The Bertz CT molecular complexity index is 491. The van der Waals surface area contributed by atoms with E-state index in [-0.39, 0.29) is 11.4 Å². The van der Waals surface area contributed by atoms with E-state index in [1.54, 1.807) is 26.0 Å². The summed E-state index contributed by atoms with van der Waals surface area (Å²) in [5, 5.41) is 3.52. The lowest BCUT2D eigenvalue weighted by Gasteiger charge is -2.11. The van der Waals surface area contributed by atoms with E-state index in [0.29, 0.717) is 5.71 Å². The third-order valence-corrected chi connectivity index (χ3v) is 1.97. The summed E-state index contributed by atoms with van der Waals surface area (Å²) in [6.07, 6.45) is -4.63. The highest BCUT2D eigenvalue weighted by Crippen LogP contribution is 2.28. The third kappa shape index (κ3) is 4.61. The van der Waals surface area contributed by atoms with Gasteiger partial charge in [0.2, 0.25) is 5.84 Å². The van der Waals surface area contributed by atoms with Crippen LogP contribution < -0.4 is 10.2 Å². The lowest BCUT2D eigenvalue weighted by Crippen LogP contribution is -2.34. The first kappa shape index (κ1) is 15.0. The predicted molar refractivity (Wildman–Crippen MR) is 68.1 cm³/mol. The Morgan fingerprint density at radius 3 is 2.37 bits per heavy atom. The molecule has 1 aromatic carbocycles. The summed E-state index contributed by atoms with van der Waals surface area (Å²) in [4.78, 5) is 3.52. The zero-order chi connectivity index (χ0) is 14.5. The number of ether oxygens (including phenoxy) is 1. The fourth-order valence-electron chi connectivity index (χ4n) is 1.16. The normalized spacial score (nSPS) is 12.0. The minimum atomic E-state index is -4.63. The van der Waals surface area contributed by atoms with E-state index >= 15 is 0 Å². The predicted octanol–water partition coefficient (Wildman–Crippen LogP) is 3.27. The molecule has 0 amide bonds. The maximum absolute atomic E-state index is 12.8. The first-order valence-corrected chi connectivity index (χ1v) is 5.40. The van der Waals surface area contributed by atoms with E-state index in [4.69, 9.17) is 4.74 Å². The monoisotopic (exact) mass is 273 g/mol. The molecule has 0 spiro atoms. The maximum Gasteiger partial charge on any atom is 0.451 e. The topological polar surface area (TPSA) is 46.0 Å². The fraction of sp³-hybridized carbons (Fsp3) is 0.333. The molecule has 104 valence electrons. The summed E-state index contributed by atoms with van der Waals surface area (Å²) in [6, 6.07) is 6.17. The Morgan fingerprint density at radius 2 is 1.84 bits per heavy atom. The molecule has 0 fully saturated rings. The van der Waals surface area contributed by atoms with E-state index in [1.807, 2.05) is 5.43 Å². The average Bonchev–Trinajstić information content (AvgIpc) is 2.33. The lowest BCUT2D eigenvalue weighted by molar-refractivity contribution is -0.0617. The van der Waals surface area contributed by atoms with Crippen LogP contribution in [0.25, 0.3) is 0 Å². The van der Waals surface area contributed by atoms with Gasteiger partial charge in [0.25, 0.3) is 0 Å². The minimum absolute atomic E-state index is 0.0776. The van der Waals surface area contributed by atoms with Crippen molar-refractivity contribution in [3.63, 3.8) is 0 Å². The van der Waals surface area contributed by atoms with Crippen molar-refractivity contribution in [2.45, 2.75) is 20.0 Å². The van der Waals surface area contributed by atoms with Gasteiger partial charge in [-0.1, -0.05) is 12.1 Å². The van der Waals surface area contributed by atoms with Gasteiger partial charge in [-0.3, -0.25) is 5.43 Å². The molecule has 0 atom stereocenters. The van der Waals surface area contributed by atoms with Crippen molar-refractivity contribution in [3.05, 3.63) is 24.3 Å². The van der Waals surface area contributed by atoms with Crippen LogP contribution in [0.5, 0.6) is 5.75 Å². The zero-order valence-electron chi connectivity index (χ0n) is 10.7. The molecule has 0 bridgehead atoms. The van der Waals surface area contributed by atoms with Gasteiger partial charge < -0.3 is 4.74 Å². The van der Waals surface area contributed by atoms with Gasteiger partial charge in [-0.05, 0) is 26.0 Å². The molecular formula is C12H14F3N3O. The number of para-hydroxylation sites is 2. The molecule has 0 aliphatic carbocycles. The lowest BCUT2D eigenvalue weighted by atomic mass is 10.3. The number of benzene rings is 1. The van der Waals surface area contributed by atoms with Crippen LogP contribution in [0.15, 0.2) is 34.4 Å². The van der Waals surface area contributed by atoms with Crippen LogP contribution in [0.2, 0.25) is 0 Å². The summed E-state index contributed by atoms with van der Waals surface area (Å²) in [6.45, 7) is 3.15. The molecule has 0 heterocycles. The summed E-state index contributed by atoms with van der Waals surface area (Å²) >= 11 is 0. The quantitative estimate of drug-likeness (QED) is 0.522. The Morgan fingerprint density at radius 1 is 1.21 bits per heavy atom. The van der Waals surface area contributed by atoms with Crippen LogP contribution in [-0.2, 0) is 0 Å². The van der Waals surface area contributed by atoms with E-state index in [2.05, 4.69) is 10.1 Å². The second kappa shape index (κ2) is 6.21. The number of rotatable bonds is 3. The Kier molecular flexibility index (Phi) is 4.91. The molecule has 0 saturated carbocycles. The second-order valence-electron chi connectivity index (χ2n) is 3.80. The molecule has 1 aromatic rings. The number of hydrogen-bond acceptors (Lipinski definition) is 3. The molecule has 1 N–H and O–H groups in total. The van der Waals surface area contributed by atoms with Gasteiger partial charge in [0, 0.05) is 5.71 Å². The molecular weight excluding hydrogens is 259 g/mol. The number of nitrogens with zero attached hydrogens (tertiary/aromatic N) is 2. The molecule has 0 saturated heterocycles. The van der Waals surface area contributed by atoms with Gasteiger partial charge >= 0.3 is 6.18 Å². The summed E-state index contributed by atoms with van der Waals surface area (Å²) in [5.74, 6) is -0.943. The number of hydrogen-bond donors (Lipinski definition) is 1. The van der Waals surface area contributed by atoms with Crippen molar-refractivity contribution in [3.8, 4) is 5.75 Å². The van der Waals surface area contributed by atoms with Crippen molar-refractivity contribution in [1.82, 2.24) is 5.43 Å². The number of alkyl halides is 3. The summed E-state index contributed by atoms with van der Waals surface area (Å²) in [5.41, 5.74) is 2.45. The average molecular weight is 273 g/mol. The molecule has 0 unspecified atom stereocenters. The minimum Gasteiger partial charge on any atom is -0.494 e. The van der Waals surface area contributed by atoms with Gasteiger partial charge in [-0.2, -0.15) is 18.3 Å². The standard InChI is InChI=1S/C12H14F3N3O/c1-8(2)17-18-11(12(13,14)15)16-9-6-4-5-7-10(9)19-3/h4-7H,1-3H3,(H,16,18). The van der Waals surface area contributed by atoms with Crippen LogP contribution >= 0.6 is 0 Å². The van der Waals surface area contributed by atoms with Crippen molar-refractivity contribution < 1.29 is 17.9 Å². The Labute approximate surface area is 109 Å². The van der Waals surface area contributed by atoms with E-state index in [0.717, 1.165) is 0 Å². The SMILES string of the molecule is COc1ccccc1N=C(NN=C(C)C)C(F)(F)F. The number of hydrazone groups is 1. The van der Waals surface area contributed by atoms with E-state index < -0.39 is 12.0 Å². The Balaban J connectivity index is 3.16. The van der Waals surface area contributed by atoms with Gasteiger partial charge in [0.1, 0.15) is 11.4 Å².